The summed E-state index contributed by atoms with van der Waals surface area (Å²) in [6.45, 7) is 8.29. The fourth-order valence-corrected chi connectivity index (χ4v) is 2.21. The van der Waals surface area contributed by atoms with Crippen LogP contribution in [0.25, 0.3) is 0 Å². The molecule has 0 aromatic rings. The van der Waals surface area contributed by atoms with Crippen LogP contribution in [0.1, 0.15) is 26.7 Å². The molecule has 0 radical (unpaired) electrons. The molecule has 1 rings (SSSR count). The molecule has 0 aromatic carbocycles. The van der Waals surface area contributed by atoms with Crippen LogP contribution in [0.2, 0.25) is 0 Å². The third-order valence-electron chi connectivity index (χ3n) is 2.82. The summed E-state index contributed by atoms with van der Waals surface area (Å²) in [4.78, 5) is 2.90. The van der Waals surface area contributed by atoms with E-state index < -0.39 is 0 Å². The molecule has 0 amide bonds. The summed E-state index contributed by atoms with van der Waals surface area (Å²) in [5, 5.41) is 0. The Morgan fingerprint density at radius 2 is 2.40 bits per heavy atom. The van der Waals surface area contributed by atoms with Gasteiger partial charge in [0, 0.05) is 19.6 Å². The van der Waals surface area contributed by atoms with Crippen molar-refractivity contribution in [3.8, 4) is 0 Å². The normalized spacial score (nSPS) is 25.1. The van der Waals surface area contributed by atoms with Gasteiger partial charge in [0.15, 0.2) is 0 Å². The third-order valence-corrected chi connectivity index (χ3v) is 3.08. The molecule has 1 saturated heterocycles. The van der Waals surface area contributed by atoms with Gasteiger partial charge in [0.05, 0.1) is 6.61 Å². The molecule has 2 atom stereocenters. The third kappa shape index (κ3) is 4.45. The zero-order chi connectivity index (χ0) is 11.3. The highest BCUT2D eigenvalue weighted by Crippen LogP contribution is 2.11. The van der Waals surface area contributed by atoms with Crippen LogP contribution in [0, 0.1) is 5.92 Å². The molecule has 1 aliphatic rings. The van der Waals surface area contributed by atoms with Crippen molar-refractivity contribution in [3.63, 3.8) is 0 Å². The summed E-state index contributed by atoms with van der Waals surface area (Å²) >= 11 is 4.96. The van der Waals surface area contributed by atoms with Crippen LogP contribution in [0.4, 0.5) is 0 Å². The smallest absolute Gasteiger partial charge is 0.120 e. The van der Waals surface area contributed by atoms with Crippen LogP contribution in [-0.4, -0.2) is 42.2 Å². The predicted octanol–water partition coefficient (Wildman–Crippen LogP) is 1.41. The van der Waals surface area contributed by atoms with Gasteiger partial charge in [-0.3, -0.25) is 4.90 Å². The number of nitrogens with two attached hydrogens (primary N) is 1. The summed E-state index contributed by atoms with van der Waals surface area (Å²) in [6.07, 6.45) is 2.50. The van der Waals surface area contributed by atoms with Crippen molar-refractivity contribution in [3.05, 3.63) is 0 Å². The first-order valence-electron chi connectivity index (χ1n) is 5.76. The van der Waals surface area contributed by atoms with Gasteiger partial charge in [-0.1, -0.05) is 32.5 Å². The van der Waals surface area contributed by atoms with Crippen molar-refractivity contribution in [2.75, 3.05) is 26.2 Å². The van der Waals surface area contributed by atoms with E-state index in [0.29, 0.717) is 4.99 Å². The van der Waals surface area contributed by atoms with Crippen molar-refractivity contribution in [2.45, 2.75) is 32.8 Å². The van der Waals surface area contributed by atoms with Crippen molar-refractivity contribution >= 4 is 17.2 Å². The Morgan fingerprint density at radius 1 is 1.67 bits per heavy atom. The molecule has 0 bridgehead atoms. The number of hydrogen-bond acceptors (Lipinski definition) is 3. The molecule has 88 valence electrons. The van der Waals surface area contributed by atoms with Crippen molar-refractivity contribution in [1.29, 1.82) is 0 Å². The maximum absolute atomic E-state index is 5.60. The lowest BCUT2D eigenvalue weighted by Crippen LogP contribution is -2.48. The van der Waals surface area contributed by atoms with E-state index in [2.05, 4.69) is 18.7 Å². The zero-order valence-corrected chi connectivity index (χ0v) is 10.6. The van der Waals surface area contributed by atoms with Crippen LogP contribution >= 0.6 is 12.2 Å². The molecule has 1 heterocycles. The van der Waals surface area contributed by atoms with E-state index in [1.54, 1.807) is 0 Å². The molecule has 0 saturated carbocycles. The van der Waals surface area contributed by atoms with Gasteiger partial charge < -0.3 is 10.5 Å². The molecule has 0 aromatic heterocycles. The lowest BCUT2D eigenvalue weighted by Gasteiger charge is -2.33. The molecule has 0 spiro atoms. The van der Waals surface area contributed by atoms with Gasteiger partial charge in [-0.05, 0) is 12.3 Å². The summed E-state index contributed by atoms with van der Waals surface area (Å²) < 4.78 is 5.50. The van der Waals surface area contributed by atoms with E-state index in [1.165, 1.54) is 12.8 Å². The van der Waals surface area contributed by atoms with Gasteiger partial charge in [0.1, 0.15) is 11.1 Å². The fraction of sp³-hybridized carbons (Fsp3) is 0.909. The molecule has 1 aliphatic heterocycles. The van der Waals surface area contributed by atoms with Gasteiger partial charge in [0.2, 0.25) is 0 Å². The summed E-state index contributed by atoms with van der Waals surface area (Å²) in [7, 11) is 0. The molecule has 4 heteroatoms. The first-order valence-corrected chi connectivity index (χ1v) is 6.17. The highest BCUT2D eigenvalue weighted by atomic mass is 32.1. The van der Waals surface area contributed by atoms with E-state index in [-0.39, 0.29) is 6.10 Å². The van der Waals surface area contributed by atoms with Crippen LogP contribution in [0.5, 0.6) is 0 Å². The largest absolute Gasteiger partial charge is 0.391 e. The number of hydrogen-bond donors (Lipinski definition) is 1. The molecule has 15 heavy (non-hydrogen) atoms. The standard InChI is InChI=1S/C11H22N2OS/c1-3-4-9(2)7-13-5-6-14-10(8-13)11(12)15/h9-10H,3-8H2,1-2H3,(H2,12,15). The fourth-order valence-electron chi connectivity index (χ4n) is 2.07. The molecule has 1 fully saturated rings. The van der Waals surface area contributed by atoms with Crippen LogP contribution in [0.3, 0.4) is 0 Å². The minimum atomic E-state index is -0.0393. The number of ether oxygens (including phenoxy) is 1. The second-order valence-electron chi connectivity index (χ2n) is 4.42. The van der Waals surface area contributed by atoms with E-state index in [1.807, 2.05) is 0 Å². The first kappa shape index (κ1) is 12.9. The molecule has 3 nitrogen and oxygen atoms in total. The van der Waals surface area contributed by atoms with Gasteiger partial charge in [-0.2, -0.15) is 0 Å². The Bertz CT molecular complexity index is 211. The molecule has 0 aliphatic carbocycles. The summed E-state index contributed by atoms with van der Waals surface area (Å²) in [5.41, 5.74) is 5.60. The van der Waals surface area contributed by atoms with E-state index in [0.717, 1.165) is 32.2 Å². The van der Waals surface area contributed by atoms with E-state index in [9.17, 15) is 0 Å². The number of rotatable bonds is 5. The van der Waals surface area contributed by atoms with E-state index in [4.69, 9.17) is 22.7 Å². The zero-order valence-electron chi connectivity index (χ0n) is 9.74. The van der Waals surface area contributed by atoms with Gasteiger partial charge in [-0.25, -0.2) is 0 Å². The monoisotopic (exact) mass is 230 g/mol. The molecule has 2 N–H and O–H groups in total. The van der Waals surface area contributed by atoms with Crippen molar-refractivity contribution in [1.82, 2.24) is 4.90 Å². The van der Waals surface area contributed by atoms with Gasteiger partial charge in [-0.15, -0.1) is 0 Å². The Hall–Kier alpha value is -0.190. The molecular formula is C11H22N2OS. The molecule has 2 unspecified atom stereocenters. The Morgan fingerprint density at radius 3 is 3.00 bits per heavy atom. The minimum Gasteiger partial charge on any atom is -0.391 e. The average Bonchev–Trinajstić information content (AvgIpc) is 2.18. The first-order chi connectivity index (χ1) is 7.13. The van der Waals surface area contributed by atoms with Crippen LogP contribution < -0.4 is 5.73 Å². The minimum absolute atomic E-state index is 0.0393. The number of thiocarbonyl (C=S) groups is 1. The Balaban J connectivity index is 2.32. The van der Waals surface area contributed by atoms with Gasteiger partial charge in [0.25, 0.3) is 0 Å². The second-order valence-corrected chi connectivity index (χ2v) is 4.89. The lowest BCUT2D eigenvalue weighted by atomic mass is 10.1. The maximum Gasteiger partial charge on any atom is 0.120 e. The van der Waals surface area contributed by atoms with E-state index >= 15 is 0 Å². The topological polar surface area (TPSA) is 38.5 Å². The number of morpholine rings is 1. The summed E-state index contributed by atoms with van der Waals surface area (Å²) in [5.74, 6) is 0.750. The van der Waals surface area contributed by atoms with Crippen molar-refractivity contribution < 1.29 is 4.74 Å². The molecular weight excluding hydrogens is 208 g/mol. The number of nitrogens with zero attached hydrogens (tertiary/aromatic N) is 1. The highest BCUT2D eigenvalue weighted by molar-refractivity contribution is 7.80. The maximum atomic E-state index is 5.60. The predicted molar refractivity (Wildman–Crippen MR) is 67.0 cm³/mol. The average molecular weight is 230 g/mol. The second kappa shape index (κ2) is 6.40. The van der Waals surface area contributed by atoms with Crippen molar-refractivity contribution in [2.24, 2.45) is 11.7 Å². The van der Waals surface area contributed by atoms with Crippen LogP contribution in [-0.2, 0) is 4.74 Å². The summed E-state index contributed by atoms with van der Waals surface area (Å²) in [6, 6.07) is 0. The highest BCUT2D eigenvalue weighted by Gasteiger charge is 2.23. The Labute approximate surface area is 98.0 Å². The Kier molecular flexibility index (Phi) is 5.50. The quantitative estimate of drug-likeness (QED) is 0.725. The SMILES string of the molecule is CCCC(C)CN1CCOC(C(N)=S)C1. The lowest BCUT2D eigenvalue weighted by molar-refractivity contribution is 0.00187. The van der Waals surface area contributed by atoms with Gasteiger partial charge >= 0.3 is 0 Å². The van der Waals surface area contributed by atoms with Crippen LogP contribution in [0.15, 0.2) is 0 Å².